The third-order valence-electron chi connectivity index (χ3n) is 5.81. The topological polar surface area (TPSA) is 73.1 Å². The molecule has 6 nitrogen and oxygen atoms in total. The highest BCUT2D eigenvalue weighted by Crippen LogP contribution is 2.19. The molecule has 0 aliphatic heterocycles. The summed E-state index contributed by atoms with van der Waals surface area (Å²) in [6.45, 7) is 0.302. The van der Waals surface area contributed by atoms with Crippen molar-refractivity contribution in [1.29, 1.82) is 0 Å². The van der Waals surface area contributed by atoms with Gasteiger partial charge in [0, 0.05) is 11.1 Å². The molecule has 0 atom stereocenters. The van der Waals surface area contributed by atoms with Gasteiger partial charge in [-0.1, -0.05) is 48.0 Å². The van der Waals surface area contributed by atoms with E-state index in [1.807, 2.05) is 18.2 Å². The van der Waals surface area contributed by atoms with Crippen LogP contribution in [0.5, 0.6) is 0 Å². The van der Waals surface area contributed by atoms with Crippen LogP contribution >= 0.6 is 11.6 Å². The minimum atomic E-state index is -0.423. The summed E-state index contributed by atoms with van der Waals surface area (Å²) < 4.78 is 2.78. The van der Waals surface area contributed by atoms with Crippen molar-refractivity contribution in [3.63, 3.8) is 0 Å². The number of carbonyl (C=O) groups is 1. The molecule has 166 valence electrons. The van der Waals surface area contributed by atoms with E-state index in [2.05, 4.69) is 5.32 Å². The Morgan fingerprint density at radius 3 is 2.27 bits per heavy atom. The number of rotatable bonds is 6. The average Bonchev–Trinajstić information content (AvgIpc) is 3.63. The number of hydrogen-bond acceptors (Lipinski definition) is 3. The molecule has 0 spiro atoms. The summed E-state index contributed by atoms with van der Waals surface area (Å²) in [4.78, 5) is 38.8. The second-order valence-corrected chi connectivity index (χ2v) is 8.77. The number of para-hydroxylation sites is 1. The number of fused-ring (bicyclic) bond motifs is 1. The maximum Gasteiger partial charge on any atom is 0.336 e. The smallest absolute Gasteiger partial charge is 0.336 e. The first-order valence-corrected chi connectivity index (χ1v) is 11.2. The molecule has 3 aromatic carbocycles. The zero-order chi connectivity index (χ0) is 22.9. The molecule has 1 amide bonds. The zero-order valence-corrected chi connectivity index (χ0v) is 18.6. The minimum Gasteiger partial charge on any atom is -0.353 e. The molecule has 1 aliphatic rings. The summed E-state index contributed by atoms with van der Waals surface area (Å²) in [6.07, 6.45) is 2.35. The second-order valence-electron chi connectivity index (χ2n) is 8.34. The predicted molar refractivity (Wildman–Crippen MR) is 129 cm³/mol. The van der Waals surface area contributed by atoms with Gasteiger partial charge in [0.15, 0.2) is 0 Å². The van der Waals surface area contributed by atoms with Gasteiger partial charge < -0.3 is 5.32 Å². The van der Waals surface area contributed by atoms with Gasteiger partial charge in [0.25, 0.3) is 5.56 Å². The van der Waals surface area contributed by atoms with Crippen LogP contribution in [0.4, 0.5) is 0 Å². The Morgan fingerprint density at radius 2 is 1.58 bits per heavy atom. The van der Waals surface area contributed by atoms with Crippen molar-refractivity contribution in [2.75, 3.05) is 0 Å². The monoisotopic (exact) mass is 459 g/mol. The van der Waals surface area contributed by atoms with Crippen LogP contribution in [0.2, 0.25) is 5.02 Å². The summed E-state index contributed by atoms with van der Waals surface area (Å²) in [5, 5.41) is 4.04. The van der Waals surface area contributed by atoms with Gasteiger partial charge in [0.1, 0.15) is 0 Å². The molecule has 7 heteroatoms. The van der Waals surface area contributed by atoms with Crippen LogP contribution < -0.4 is 16.6 Å². The summed E-state index contributed by atoms with van der Waals surface area (Å²) in [5.74, 6) is -0.0153. The number of carbonyl (C=O) groups excluding carboxylic acids is 1. The average molecular weight is 460 g/mol. The number of halogens is 1. The molecule has 1 fully saturated rings. The normalized spacial score (nSPS) is 13.2. The lowest BCUT2D eigenvalue weighted by Crippen LogP contribution is -2.39. The quantitative estimate of drug-likeness (QED) is 0.478. The standard InChI is InChI=1S/C26H22ClN3O3/c27-19-9-5-18(6-10-19)16-29-23-4-2-1-3-22(23)25(32)30(26(29)33)21-13-7-17(8-14-21)15-24(31)28-20-11-12-20/h1-10,13-14,20H,11-12,15-16H2,(H,28,31). The maximum absolute atomic E-state index is 13.5. The fourth-order valence-electron chi connectivity index (χ4n) is 3.93. The molecule has 0 radical (unpaired) electrons. The summed E-state index contributed by atoms with van der Waals surface area (Å²) in [5.41, 5.74) is 1.97. The van der Waals surface area contributed by atoms with Gasteiger partial charge in [-0.25, -0.2) is 9.36 Å². The molecular formula is C26H22ClN3O3. The third kappa shape index (κ3) is 4.47. The van der Waals surface area contributed by atoms with Gasteiger partial charge >= 0.3 is 5.69 Å². The van der Waals surface area contributed by atoms with Crippen molar-refractivity contribution < 1.29 is 4.79 Å². The molecule has 0 unspecified atom stereocenters. The summed E-state index contributed by atoms with van der Waals surface area (Å²) in [7, 11) is 0. The fourth-order valence-corrected chi connectivity index (χ4v) is 4.05. The van der Waals surface area contributed by atoms with E-state index >= 15 is 0 Å². The van der Waals surface area contributed by atoms with Crippen molar-refractivity contribution in [1.82, 2.24) is 14.5 Å². The first-order chi connectivity index (χ1) is 16.0. The van der Waals surface area contributed by atoms with Crippen LogP contribution in [-0.2, 0) is 17.8 Å². The molecule has 1 aromatic heterocycles. The maximum atomic E-state index is 13.5. The number of nitrogens with zero attached hydrogens (tertiary/aromatic N) is 2. The van der Waals surface area contributed by atoms with E-state index in [1.54, 1.807) is 59.2 Å². The Kier molecular flexibility index (Phi) is 5.60. The number of hydrogen-bond donors (Lipinski definition) is 1. The lowest BCUT2D eigenvalue weighted by Gasteiger charge is -2.15. The Hall–Kier alpha value is -3.64. The van der Waals surface area contributed by atoms with Crippen molar-refractivity contribution in [2.24, 2.45) is 0 Å². The van der Waals surface area contributed by atoms with Crippen molar-refractivity contribution in [3.8, 4) is 5.69 Å². The summed E-state index contributed by atoms with van der Waals surface area (Å²) >= 11 is 6.00. The molecule has 0 bridgehead atoms. The third-order valence-corrected chi connectivity index (χ3v) is 6.06. The molecule has 1 aliphatic carbocycles. The van der Waals surface area contributed by atoms with Gasteiger partial charge in [0.2, 0.25) is 5.91 Å². The number of aromatic nitrogens is 2. The first kappa shape index (κ1) is 21.2. The van der Waals surface area contributed by atoms with Crippen LogP contribution in [0.25, 0.3) is 16.6 Å². The Labute approximate surface area is 195 Å². The zero-order valence-electron chi connectivity index (χ0n) is 17.8. The van der Waals surface area contributed by atoms with Crippen LogP contribution in [0.3, 0.4) is 0 Å². The lowest BCUT2D eigenvalue weighted by atomic mass is 10.1. The van der Waals surface area contributed by atoms with E-state index in [9.17, 15) is 14.4 Å². The van der Waals surface area contributed by atoms with Crippen LogP contribution in [-0.4, -0.2) is 21.1 Å². The predicted octanol–water partition coefficient (Wildman–Crippen LogP) is 3.68. The number of benzene rings is 3. The van der Waals surface area contributed by atoms with Crippen LogP contribution in [0.15, 0.2) is 82.4 Å². The van der Waals surface area contributed by atoms with Crippen molar-refractivity contribution >= 4 is 28.4 Å². The molecule has 0 saturated heterocycles. The van der Waals surface area contributed by atoms with E-state index in [-0.39, 0.29) is 17.9 Å². The molecule has 5 rings (SSSR count). The summed E-state index contributed by atoms with van der Waals surface area (Å²) in [6, 6.07) is 21.7. The fraction of sp³-hybridized carbons (Fsp3) is 0.192. The van der Waals surface area contributed by atoms with Gasteiger partial charge in [-0.15, -0.1) is 0 Å². The number of nitrogens with one attached hydrogen (secondary N) is 1. The molecule has 1 N–H and O–H groups in total. The van der Waals surface area contributed by atoms with E-state index in [4.69, 9.17) is 11.6 Å². The SMILES string of the molecule is O=C(Cc1ccc(-n2c(=O)c3ccccc3n(Cc3ccc(Cl)cc3)c2=O)cc1)NC1CC1. The van der Waals surface area contributed by atoms with Gasteiger partial charge in [0.05, 0.1) is 29.6 Å². The van der Waals surface area contributed by atoms with Crippen molar-refractivity contribution in [2.45, 2.75) is 31.8 Å². The number of amides is 1. The van der Waals surface area contributed by atoms with Crippen LogP contribution in [0.1, 0.15) is 24.0 Å². The molecule has 1 heterocycles. The Bertz CT molecular complexity index is 1450. The van der Waals surface area contributed by atoms with Gasteiger partial charge in [-0.3, -0.25) is 14.2 Å². The Morgan fingerprint density at radius 1 is 0.909 bits per heavy atom. The largest absolute Gasteiger partial charge is 0.353 e. The minimum absolute atomic E-state index is 0.0153. The van der Waals surface area contributed by atoms with Crippen LogP contribution in [0, 0.1) is 0 Å². The highest BCUT2D eigenvalue weighted by Gasteiger charge is 2.23. The molecule has 33 heavy (non-hydrogen) atoms. The van der Waals surface area contributed by atoms with E-state index in [1.165, 1.54) is 4.57 Å². The first-order valence-electron chi connectivity index (χ1n) is 10.9. The highest BCUT2D eigenvalue weighted by atomic mass is 35.5. The van der Waals surface area contributed by atoms with Gasteiger partial charge in [-0.05, 0) is 60.4 Å². The molecule has 1 saturated carbocycles. The molecular weight excluding hydrogens is 438 g/mol. The van der Waals surface area contributed by atoms with E-state index < -0.39 is 5.69 Å². The van der Waals surface area contributed by atoms with E-state index in [0.29, 0.717) is 34.2 Å². The van der Waals surface area contributed by atoms with Crippen molar-refractivity contribution in [3.05, 3.63) is 110 Å². The lowest BCUT2D eigenvalue weighted by molar-refractivity contribution is -0.120. The van der Waals surface area contributed by atoms with Gasteiger partial charge in [-0.2, -0.15) is 0 Å². The second kappa shape index (κ2) is 8.71. The van der Waals surface area contributed by atoms with E-state index in [0.717, 1.165) is 24.0 Å². The Balaban J connectivity index is 1.55. The molecule has 4 aromatic rings. The highest BCUT2D eigenvalue weighted by molar-refractivity contribution is 6.30.